The van der Waals surface area contributed by atoms with Gasteiger partial charge < -0.3 is 15.3 Å². The predicted molar refractivity (Wildman–Crippen MR) is 71.4 cm³/mol. The van der Waals surface area contributed by atoms with Crippen molar-refractivity contribution in [2.75, 3.05) is 18.0 Å². The highest BCUT2D eigenvalue weighted by molar-refractivity contribution is 5.73. The number of carbonyl (C=O) groups is 1. The molecule has 1 heterocycles. The van der Waals surface area contributed by atoms with Crippen LogP contribution in [0.25, 0.3) is 0 Å². The molecule has 1 aromatic rings. The van der Waals surface area contributed by atoms with Crippen molar-refractivity contribution in [1.29, 1.82) is 0 Å². The van der Waals surface area contributed by atoms with Crippen LogP contribution in [-0.2, 0) is 11.4 Å². The zero-order chi connectivity index (χ0) is 13.0. The minimum atomic E-state index is 0.0456. The van der Waals surface area contributed by atoms with Crippen molar-refractivity contribution < 1.29 is 9.90 Å². The number of benzene rings is 1. The van der Waals surface area contributed by atoms with E-state index in [1.54, 1.807) is 6.92 Å². The first-order valence-corrected chi connectivity index (χ1v) is 6.41. The molecule has 1 amide bonds. The Bertz CT molecular complexity index is 412. The third-order valence-corrected chi connectivity index (χ3v) is 3.40. The van der Waals surface area contributed by atoms with Crippen LogP contribution in [0, 0.1) is 0 Å². The lowest BCUT2D eigenvalue weighted by Gasteiger charge is -2.34. The van der Waals surface area contributed by atoms with E-state index in [1.165, 1.54) is 0 Å². The van der Waals surface area contributed by atoms with Gasteiger partial charge in [-0.25, -0.2) is 0 Å². The number of para-hydroxylation sites is 1. The maximum Gasteiger partial charge on any atom is 0.217 e. The van der Waals surface area contributed by atoms with Crippen LogP contribution in [0.15, 0.2) is 24.3 Å². The van der Waals surface area contributed by atoms with E-state index < -0.39 is 0 Å². The normalized spacial score (nSPS) is 16.7. The first-order chi connectivity index (χ1) is 8.70. The maximum absolute atomic E-state index is 11.0. The van der Waals surface area contributed by atoms with Crippen molar-refractivity contribution in [1.82, 2.24) is 5.32 Å². The molecule has 0 spiro atoms. The second-order valence-electron chi connectivity index (χ2n) is 4.75. The molecule has 0 bridgehead atoms. The highest BCUT2D eigenvalue weighted by atomic mass is 16.3. The quantitative estimate of drug-likeness (QED) is 0.847. The van der Waals surface area contributed by atoms with Gasteiger partial charge in [-0.05, 0) is 18.9 Å². The van der Waals surface area contributed by atoms with E-state index in [0.717, 1.165) is 37.2 Å². The van der Waals surface area contributed by atoms with Crippen molar-refractivity contribution in [3.63, 3.8) is 0 Å². The average molecular weight is 248 g/mol. The first kappa shape index (κ1) is 12.9. The highest BCUT2D eigenvalue weighted by Crippen LogP contribution is 2.24. The smallest absolute Gasteiger partial charge is 0.217 e. The Balaban J connectivity index is 1.99. The van der Waals surface area contributed by atoms with Gasteiger partial charge in [0.2, 0.25) is 5.91 Å². The summed E-state index contributed by atoms with van der Waals surface area (Å²) >= 11 is 0. The predicted octanol–water partition coefficient (Wildman–Crippen LogP) is 1.28. The minimum absolute atomic E-state index is 0.0456. The number of aliphatic hydroxyl groups is 1. The van der Waals surface area contributed by atoms with Crippen molar-refractivity contribution in [3.8, 4) is 0 Å². The molecule has 0 unspecified atom stereocenters. The van der Waals surface area contributed by atoms with Gasteiger partial charge in [0.1, 0.15) is 0 Å². The average Bonchev–Trinajstić information content (AvgIpc) is 2.39. The molecule has 0 saturated carbocycles. The van der Waals surface area contributed by atoms with Gasteiger partial charge in [0, 0.05) is 37.3 Å². The molecule has 18 heavy (non-hydrogen) atoms. The minimum Gasteiger partial charge on any atom is -0.392 e. The molecule has 1 aliphatic heterocycles. The van der Waals surface area contributed by atoms with Crippen LogP contribution >= 0.6 is 0 Å². The molecule has 0 aliphatic carbocycles. The van der Waals surface area contributed by atoms with Gasteiger partial charge in [0.15, 0.2) is 0 Å². The van der Waals surface area contributed by atoms with Crippen LogP contribution in [0.3, 0.4) is 0 Å². The standard InChI is InChI=1S/C14H20N2O2/c1-11(18)15-13-6-8-16(9-7-13)14-5-3-2-4-12(14)10-17/h2-5,13,17H,6-10H2,1H3,(H,15,18). The number of hydrogen-bond donors (Lipinski definition) is 2. The summed E-state index contributed by atoms with van der Waals surface area (Å²) < 4.78 is 0. The van der Waals surface area contributed by atoms with Gasteiger partial charge in [0.25, 0.3) is 0 Å². The third-order valence-electron chi connectivity index (χ3n) is 3.40. The summed E-state index contributed by atoms with van der Waals surface area (Å²) in [6, 6.07) is 8.23. The molecule has 4 nitrogen and oxygen atoms in total. The number of anilines is 1. The molecule has 1 fully saturated rings. The summed E-state index contributed by atoms with van der Waals surface area (Å²) in [5.41, 5.74) is 2.08. The summed E-state index contributed by atoms with van der Waals surface area (Å²) in [5.74, 6) is 0.0456. The summed E-state index contributed by atoms with van der Waals surface area (Å²) in [4.78, 5) is 13.3. The Kier molecular flexibility index (Phi) is 4.20. The van der Waals surface area contributed by atoms with E-state index in [0.29, 0.717) is 6.04 Å². The number of carbonyl (C=O) groups excluding carboxylic acids is 1. The Morgan fingerprint density at radius 1 is 1.39 bits per heavy atom. The fraction of sp³-hybridized carbons (Fsp3) is 0.500. The van der Waals surface area contributed by atoms with Crippen molar-refractivity contribution >= 4 is 11.6 Å². The Morgan fingerprint density at radius 2 is 2.06 bits per heavy atom. The molecular formula is C14H20N2O2. The van der Waals surface area contributed by atoms with Crippen molar-refractivity contribution in [2.24, 2.45) is 0 Å². The molecule has 98 valence electrons. The zero-order valence-corrected chi connectivity index (χ0v) is 10.7. The molecule has 0 atom stereocenters. The number of rotatable bonds is 3. The van der Waals surface area contributed by atoms with Gasteiger partial charge in [0.05, 0.1) is 6.61 Å². The van der Waals surface area contributed by atoms with Gasteiger partial charge in [-0.2, -0.15) is 0 Å². The Hall–Kier alpha value is -1.55. The van der Waals surface area contributed by atoms with E-state index in [1.807, 2.05) is 24.3 Å². The van der Waals surface area contributed by atoms with E-state index in [2.05, 4.69) is 10.2 Å². The molecule has 4 heteroatoms. The molecule has 2 rings (SSSR count). The molecular weight excluding hydrogens is 228 g/mol. The molecule has 2 N–H and O–H groups in total. The number of amides is 1. The third kappa shape index (κ3) is 3.01. The van der Waals surface area contributed by atoms with Gasteiger partial charge >= 0.3 is 0 Å². The topological polar surface area (TPSA) is 52.6 Å². The summed E-state index contributed by atoms with van der Waals surface area (Å²) in [7, 11) is 0. The number of aliphatic hydroxyl groups excluding tert-OH is 1. The van der Waals surface area contributed by atoms with Crippen LogP contribution in [0.5, 0.6) is 0 Å². The second-order valence-corrected chi connectivity index (χ2v) is 4.75. The van der Waals surface area contributed by atoms with E-state index in [4.69, 9.17) is 0 Å². The van der Waals surface area contributed by atoms with E-state index >= 15 is 0 Å². The molecule has 1 aromatic carbocycles. The summed E-state index contributed by atoms with van der Waals surface area (Å²) in [6.45, 7) is 3.47. The SMILES string of the molecule is CC(=O)NC1CCN(c2ccccc2CO)CC1. The summed E-state index contributed by atoms with van der Waals surface area (Å²) in [6.07, 6.45) is 1.92. The number of hydrogen-bond acceptors (Lipinski definition) is 3. The van der Waals surface area contributed by atoms with Crippen LogP contribution < -0.4 is 10.2 Å². The zero-order valence-electron chi connectivity index (χ0n) is 10.7. The highest BCUT2D eigenvalue weighted by Gasteiger charge is 2.20. The Morgan fingerprint density at radius 3 is 2.67 bits per heavy atom. The second kappa shape index (κ2) is 5.87. The lowest BCUT2D eigenvalue weighted by molar-refractivity contribution is -0.119. The first-order valence-electron chi connectivity index (χ1n) is 6.41. The van der Waals surface area contributed by atoms with Gasteiger partial charge in [-0.15, -0.1) is 0 Å². The van der Waals surface area contributed by atoms with Crippen molar-refractivity contribution in [3.05, 3.63) is 29.8 Å². The molecule has 1 aliphatic rings. The lowest BCUT2D eigenvalue weighted by Crippen LogP contribution is -2.44. The van der Waals surface area contributed by atoms with Crippen LogP contribution in [0.1, 0.15) is 25.3 Å². The van der Waals surface area contributed by atoms with Crippen LogP contribution in [-0.4, -0.2) is 30.1 Å². The Labute approximate surface area is 108 Å². The number of piperidine rings is 1. The van der Waals surface area contributed by atoms with Gasteiger partial charge in [-0.3, -0.25) is 4.79 Å². The maximum atomic E-state index is 11.0. The number of nitrogens with one attached hydrogen (secondary N) is 1. The fourth-order valence-electron chi connectivity index (χ4n) is 2.51. The monoisotopic (exact) mass is 248 g/mol. The lowest BCUT2D eigenvalue weighted by atomic mass is 10.0. The van der Waals surface area contributed by atoms with E-state index in [9.17, 15) is 9.90 Å². The van der Waals surface area contributed by atoms with Crippen LogP contribution in [0.4, 0.5) is 5.69 Å². The number of nitrogens with zero attached hydrogens (tertiary/aromatic N) is 1. The van der Waals surface area contributed by atoms with Crippen molar-refractivity contribution in [2.45, 2.75) is 32.4 Å². The molecule has 0 radical (unpaired) electrons. The van der Waals surface area contributed by atoms with E-state index in [-0.39, 0.29) is 12.5 Å². The molecule has 1 saturated heterocycles. The largest absolute Gasteiger partial charge is 0.392 e. The molecule has 0 aromatic heterocycles. The van der Waals surface area contributed by atoms with Gasteiger partial charge in [-0.1, -0.05) is 18.2 Å². The van der Waals surface area contributed by atoms with Crippen LogP contribution in [0.2, 0.25) is 0 Å². The summed E-state index contributed by atoms with van der Waals surface area (Å²) in [5, 5.41) is 12.3. The fourth-order valence-corrected chi connectivity index (χ4v) is 2.51.